The van der Waals surface area contributed by atoms with E-state index >= 15 is 0 Å². The third kappa shape index (κ3) is 7.79. The van der Waals surface area contributed by atoms with E-state index in [1.807, 2.05) is 20.8 Å². The van der Waals surface area contributed by atoms with Gasteiger partial charge in [-0.2, -0.15) is 0 Å². The van der Waals surface area contributed by atoms with Crippen LogP contribution in [0.4, 0.5) is 10.1 Å². The van der Waals surface area contributed by atoms with E-state index in [2.05, 4.69) is 5.32 Å². The summed E-state index contributed by atoms with van der Waals surface area (Å²) in [5, 5.41) is 2.80. The van der Waals surface area contributed by atoms with E-state index in [-0.39, 0.29) is 34.4 Å². The number of carbonyl (C=O) groups is 2. The van der Waals surface area contributed by atoms with E-state index in [4.69, 9.17) is 9.47 Å². The first-order valence-electron chi connectivity index (χ1n) is 13.5. The molecule has 0 saturated carbocycles. The quantitative estimate of drug-likeness (QED) is 0.310. The van der Waals surface area contributed by atoms with Crippen LogP contribution in [0.1, 0.15) is 31.9 Å². The highest BCUT2D eigenvalue weighted by molar-refractivity contribution is 7.92. The van der Waals surface area contributed by atoms with Crippen molar-refractivity contribution in [3.63, 3.8) is 0 Å². The highest BCUT2D eigenvalue weighted by Gasteiger charge is 2.33. The van der Waals surface area contributed by atoms with Crippen molar-refractivity contribution in [2.45, 2.75) is 45.2 Å². The largest absolute Gasteiger partial charge is 0.493 e. The van der Waals surface area contributed by atoms with Crippen molar-refractivity contribution in [3.05, 3.63) is 83.7 Å². The summed E-state index contributed by atoms with van der Waals surface area (Å²) in [4.78, 5) is 28.1. The van der Waals surface area contributed by atoms with E-state index in [0.717, 1.165) is 9.87 Å². The molecular formula is C31H38FN3O6S. The maximum absolute atomic E-state index is 14.7. The SMILES string of the molecule is COc1ccc(S(=O)(=O)N(CC(=O)N(Cc2ccccc2F)[C@H](C)C(=O)NCC(C)C)c2ccc(C)cc2)cc1OC. The van der Waals surface area contributed by atoms with Gasteiger partial charge in [0.25, 0.3) is 10.0 Å². The lowest BCUT2D eigenvalue weighted by Gasteiger charge is -2.32. The number of anilines is 1. The second-order valence-corrected chi connectivity index (χ2v) is 12.2. The molecule has 0 aliphatic heterocycles. The Kier molecular flexibility index (Phi) is 10.9. The van der Waals surface area contributed by atoms with Crippen molar-refractivity contribution < 1.29 is 31.9 Å². The van der Waals surface area contributed by atoms with Gasteiger partial charge in [0.15, 0.2) is 11.5 Å². The van der Waals surface area contributed by atoms with Gasteiger partial charge in [-0.05, 0) is 50.1 Å². The van der Waals surface area contributed by atoms with Crippen LogP contribution >= 0.6 is 0 Å². The molecule has 0 unspecified atom stereocenters. The molecular weight excluding hydrogens is 561 g/mol. The zero-order valence-corrected chi connectivity index (χ0v) is 25.6. The molecule has 0 aromatic heterocycles. The first-order chi connectivity index (χ1) is 19.9. The highest BCUT2D eigenvalue weighted by atomic mass is 32.2. The standard InChI is InChI=1S/C31H38FN3O6S/c1-21(2)18-33-31(37)23(4)34(19-24-9-7-8-10-27(24)32)30(36)20-35(25-13-11-22(3)12-14-25)42(38,39)26-15-16-28(40-5)29(17-26)41-6/h7-17,21,23H,18-20H2,1-6H3,(H,33,37)/t23-/m1/s1. The molecule has 9 nitrogen and oxygen atoms in total. The molecule has 11 heteroatoms. The Hall–Kier alpha value is -4.12. The number of sulfonamides is 1. The topological polar surface area (TPSA) is 105 Å². The number of hydrogen-bond donors (Lipinski definition) is 1. The number of ether oxygens (including phenoxy) is 2. The summed E-state index contributed by atoms with van der Waals surface area (Å²) in [6.45, 7) is 6.77. The molecule has 0 saturated heterocycles. The monoisotopic (exact) mass is 599 g/mol. The normalized spacial score (nSPS) is 12.0. The maximum Gasteiger partial charge on any atom is 0.264 e. The molecule has 3 aromatic rings. The molecule has 3 rings (SSSR count). The minimum atomic E-state index is -4.33. The third-order valence-corrected chi connectivity index (χ3v) is 8.46. The molecule has 0 aliphatic carbocycles. The maximum atomic E-state index is 14.7. The summed E-state index contributed by atoms with van der Waals surface area (Å²) in [5.41, 5.74) is 1.33. The first-order valence-corrected chi connectivity index (χ1v) is 14.9. The van der Waals surface area contributed by atoms with Crippen molar-refractivity contribution in [1.29, 1.82) is 0 Å². The lowest BCUT2D eigenvalue weighted by Crippen LogP contribution is -2.51. The molecule has 0 spiro atoms. The van der Waals surface area contributed by atoms with Crippen molar-refractivity contribution in [2.75, 3.05) is 31.6 Å². The number of amides is 2. The number of methoxy groups -OCH3 is 2. The molecule has 226 valence electrons. The van der Waals surface area contributed by atoms with Gasteiger partial charge in [-0.15, -0.1) is 0 Å². The van der Waals surface area contributed by atoms with Crippen molar-refractivity contribution >= 4 is 27.5 Å². The minimum Gasteiger partial charge on any atom is -0.493 e. The molecule has 0 radical (unpaired) electrons. The van der Waals surface area contributed by atoms with Crippen LogP contribution in [0.15, 0.2) is 71.6 Å². The van der Waals surface area contributed by atoms with Crippen molar-refractivity contribution in [3.8, 4) is 11.5 Å². The van der Waals surface area contributed by atoms with Gasteiger partial charge in [-0.1, -0.05) is 49.7 Å². The summed E-state index contributed by atoms with van der Waals surface area (Å²) >= 11 is 0. The smallest absolute Gasteiger partial charge is 0.264 e. The Labute approximate surface area is 247 Å². The Morgan fingerprint density at radius 3 is 2.17 bits per heavy atom. The lowest BCUT2D eigenvalue weighted by molar-refractivity contribution is -0.139. The molecule has 0 bridgehead atoms. The zero-order valence-electron chi connectivity index (χ0n) is 24.8. The molecule has 0 heterocycles. The average Bonchev–Trinajstić information content (AvgIpc) is 2.97. The van der Waals surface area contributed by atoms with Gasteiger partial charge in [0.2, 0.25) is 11.8 Å². The Bertz CT molecular complexity index is 1490. The van der Waals surface area contributed by atoms with E-state index in [9.17, 15) is 22.4 Å². The number of nitrogens with one attached hydrogen (secondary N) is 1. The van der Waals surface area contributed by atoms with E-state index in [1.54, 1.807) is 30.3 Å². The second-order valence-electron chi connectivity index (χ2n) is 10.3. The number of halogens is 1. The fourth-order valence-electron chi connectivity index (χ4n) is 4.19. The van der Waals surface area contributed by atoms with Crippen LogP contribution in [0.25, 0.3) is 0 Å². The lowest BCUT2D eigenvalue weighted by atomic mass is 10.1. The Morgan fingerprint density at radius 2 is 1.57 bits per heavy atom. The average molecular weight is 600 g/mol. The van der Waals surface area contributed by atoms with Gasteiger partial charge in [0, 0.05) is 24.7 Å². The summed E-state index contributed by atoms with van der Waals surface area (Å²) in [7, 11) is -1.50. The molecule has 2 amide bonds. The third-order valence-electron chi connectivity index (χ3n) is 6.69. The fraction of sp³-hybridized carbons (Fsp3) is 0.355. The van der Waals surface area contributed by atoms with Gasteiger partial charge in [0.1, 0.15) is 18.4 Å². The van der Waals surface area contributed by atoms with Crippen LogP contribution in [0, 0.1) is 18.7 Å². The number of rotatable bonds is 13. The van der Waals surface area contributed by atoms with E-state index < -0.39 is 40.2 Å². The van der Waals surface area contributed by atoms with Crippen LogP contribution in [0.3, 0.4) is 0 Å². The minimum absolute atomic E-state index is 0.128. The number of hydrogen-bond acceptors (Lipinski definition) is 6. The van der Waals surface area contributed by atoms with Gasteiger partial charge in [0.05, 0.1) is 24.8 Å². The number of carbonyl (C=O) groups excluding carboxylic acids is 2. The fourth-order valence-corrected chi connectivity index (χ4v) is 5.62. The van der Waals surface area contributed by atoms with Crippen molar-refractivity contribution in [1.82, 2.24) is 10.2 Å². The molecule has 1 N–H and O–H groups in total. The molecule has 0 fully saturated rings. The van der Waals surface area contributed by atoms with E-state index in [0.29, 0.717) is 12.3 Å². The Morgan fingerprint density at radius 1 is 0.929 bits per heavy atom. The van der Waals surface area contributed by atoms with Crippen molar-refractivity contribution in [2.24, 2.45) is 5.92 Å². The van der Waals surface area contributed by atoms with Gasteiger partial charge in [-0.3, -0.25) is 13.9 Å². The first kappa shape index (κ1) is 32.4. The molecule has 0 aliphatic rings. The summed E-state index contributed by atoms with van der Waals surface area (Å²) in [5.74, 6) is -0.954. The second kappa shape index (κ2) is 14.2. The summed E-state index contributed by atoms with van der Waals surface area (Å²) in [6, 6.07) is 15.7. The number of aryl methyl sites for hydroxylation is 1. The molecule has 3 aromatic carbocycles. The molecule has 1 atom stereocenters. The number of benzene rings is 3. The van der Waals surface area contributed by atoms with Gasteiger partial charge < -0.3 is 19.7 Å². The number of nitrogens with zero attached hydrogens (tertiary/aromatic N) is 2. The van der Waals surface area contributed by atoms with Crippen LogP contribution in [-0.2, 0) is 26.2 Å². The predicted octanol–water partition coefficient (Wildman–Crippen LogP) is 4.54. The summed E-state index contributed by atoms with van der Waals surface area (Å²) < 4.78 is 54.3. The van der Waals surface area contributed by atoms with Crippen LogP contribution < -0.4 is 19.1 Å². The zero-order chi connectivity index (χ0) is 31.0. The van der Waals surface area contributed by atoms with Gasteiger partial charge >= 0.3 is 0 Å². The summed E-state index contributed by atoms with van der Waals surface area (Å²) in [6.07, 6.45) is 0. The van der Waals surface area contributed by atoms with Crippen LogP contribution in [0.5, 0.6) is 11.5 Å². The van der Waals surface area contributed by atoms with E-state index in [1.165, 1.54) is 62.4 Å². The highest BCUT2D eigenvalue weighted by Crippen LogP contribution is 2.32. The van der Waals surface area contributed by atoms with Crippen LogP contribution in [-0.4, -0.2) is 58.5 Å². The predicted molar refractivity (Wildman–Crippen MR) is 160 cm³/mol. The Balaban J connectivity index is 2.06. The molecule has 42 heavy (non-hydrogen) atoms. The van der Waals surface area contributed by atoms with Gasteiger partial charge in [-0.25, -0.2) is 12.8 Å². The van der Waals surface area contributed by atoms with Crippen LogP contribution in [0.2, 0.25) is 0 Å².